The zero-order chi connectivity index (χ0) is 13.0. The third-order valence-electron chi connectivity index (χ3n) is 2.63. The number of rotatable bonds is 5. The number of benzene rings is 1. The van der Waals surface area contributed by atoms with Crippen molar-refractivity contribution in [3.05, 3.63) is 29.6 Å². The lowest BCUT2D eigenvalue weighted by Crippen LogP contribution is -2.21. The van der Waals surface area contributed by atoms with Crippen LogP contribution in [0.15, 0.2) is 23.2 Å². The normalized spacial score (nSPS) is 14.0. The second-order valence-corrected chi connectivity index (χ2v) is 3.93. The number of carbonyl (C=O) groups is 1. The molecular weight excluding hydrogens is 235 g/mol. The van der Waals surface area contributed by atoms with Gasteiger partial charge in [0.25, 0.3) is 0 Å². The minimum atomic E-state index is -0.510. The summed E-state index contributed by atoms with van der Waals surface area (Å²) in [6, 6.07) is 4.27. The molecule has 0 aromatic heterocycles. The van der Waals surface area contributed by atoms with Crippen LogP contribution in [0.5, 0.6) is 5.75 Å². The molecule has 1 aromatic rings. The van der Waals surface area contributed by atoms with Crippen LogP contribution in [0.25, 0.3) is 0 Å². The fraction of sp³-hybridized carbons (Fsp3) is 0.385. The van der Waals surface area contributed by atoms with Gasteiger partial charge >= 0.3 is 0 Å². The first-order chi connectivity index (χ1) is 8.70. The quantitative estimate of drug-likeness (QED) is 0.811. The molecule has 0 radical (unpaired) electrons. The van der Waals surface area contributed by atoms with Gasteiger partial charge in [0.2, 0.25) is 0 Å². The van der Waals surface area contributed by atoms with Gasteiger partial charge in [0.05, 0.1) is 19.6 Å². The van der Waals surface area contributed by atoms with Crippen molar-refractivity contribution < 1.29 is 13.9 Å². The lowest BCUT2D eigenvalue weighted by molar-refractivity contribution is 0.0999. The van der Waals surface area contributed by atoms with Gasteiger partial charge in [-0.15, -0.1) is 0 Å². The van der Waals surface area contributed by atoms with E-state index in [0.29, 0.717) is 24.6 Å². The Labute approximate surface area is 105 Å². The summed E-state index contributed by atoms with van der Waals surface area (Å²) in [5.41, 5.74) is 0.340. The highest BCUT2D eigenvalue weighted by Crippen LogP contribution is 2.19. The molecule has 5 heteroatoms. The van der Waals surface area contributed by atoms with E-state index in [4.69, 9.17) is 4.74 Å². The number of amidine groups is 1. The summed E-state index contributed by atoms with van der Waals surface area (Å²) in [5, 5.41) is 3.01. The number of hydrogen-bond donors (Lipinski definition) is 1. The van der Waals surface area contributed by atoms with Crippen LogP contribution in [-0.4, -0.2) is 31.3 Å². The predicted molar refractivity (Wildman–Crippen MR) is 66.8 cm³/mol. The molecule has 18 heavy (non-hydrogen) atoms. The number of carbonyl (C=O) groups excluding carboxylic acids is 1. The summed E-state index contributed by atoms with van der Waals surface area (Å²) < 4.78 is 18.7. The number of ether oxygens (including phenoxy) is 1. The minimum absolute atomic E-state index is 0.148. The summed E-state index contributed by atoms with van der Waals surface area (Å²) in [4.78, 5) is 16.0. The SMILES string of the molecule is CCOc1ccc(C(=O)CC2=NCCN2)cc1F. The van der Waals surface area contributed by atoms with Crippen LogP contribution in [0.1, 0.15) is 23.7 Å². The van der Waals surface area contributed by atoms with Gasteiger partial charge in [-0.05, 0) is 25.1 Å². The maximum atomic E-state index is 13.6. The van der Waals surface area contributed by atoms with Crippen molar-refractivity contribution >= 4 is 11.6 Å². The summed E-state index contributed by atoms with van der Waals surface area (Å²) in [6.45, 7) is 3.63. The third-order valence-corrected chi connectivity index (χ3v) is 2.63. The van der Waals surface area contributed by atoms with E-state index >= 15 is 0 Å². The Balaban J connectivity index is 2.08. The smallest absolute Gasteiger partial charge is 0.170 e. The van der Waals surface area contributed by atoms with Crippen LogP contribution in [-0.2, 0) is 0 Å². The zero-order valence-corrected chi connectivity index (χ0v) is 10.2. The standard InChI is InChI=1S/C13H15FN2O2/c1-2-18-12-4-3-9(7-10(12)14)11(17)8-13-15-5-6-16-13/h3-4,7H,2,5-6,8H2,1H3,(H,15,16). The van der Waals surface area contributed by atoms with E-state index in [0.717, 1.165) is 6.54 Å². The van der Waals surface area contributed by atoms with Crippen LogP contribution in [0.2, 0.25) is 0 Å². The van der Waals surface area contributed by atoms with E-state index in [1.54, 1.807) is 13.0 Å². The number of Topliss-reactive ketones (excluding diaryl/α,β-unsaturated/α-hetero) is 1. The summed E-state index contributed by atoms with van der Waals surface area (Å²) in [6.07, 6.45) is 0.188. The molecule has 4 nitrogen and oxygen atoms in total. The molecule has 0 bridgehead atoms. The van der Waals surface area contributed by atoms with Crippen molar-refractivity contribution in [2.45, 2.75) is 13.3 Å². The minimum Gasteiger partial charge on any atom is -0.491 e. The second-order valence-electron chi connectivity index (χ2n) is 3.93. The lowest BCUT2D eigenvalue weighted by atomic mass is 10.1. The molecule has 0 amide bonds. The summed E-state index contributed by atoms with van der Waals surface area (Å²) >= 11 is 0. The highest BCUT2D eigenvalue weighted by atomic mass is 19.1. The van der Waals surface area contributed by atoms with Crippen LogP contribution >= 0.6 is 0 Å². The molecule has 1 heterocycles. The van der Waals surface area contributed by atoms with Gasteiger partial charge in [-0.25, -0.2) is 4.39 Å². The highest BCUT2D eigenvalue weighted by Gasteiger charge is 2.14. The summed E-state index contributed by atoms with van der Waals surface area (Å²) in [7, 11) is 0. The van der Waals surface area contributed by atoms with Crippen LogP contribution in [0.3, 0.4) is 0 Å². The Bertz CT molecular complexity index is 486. The van der Waals surface area contributed by atoms with Crippen molar-refractivity contribution in [3.63, 3.8) is 0 Å². The van der Waals surface area contributed by atoms with Crippen LogP contribution < -0.4 is 10.1 Å². The topological polar surface area (TPSA) is 50.7 Å². The number of nitrogens with one attached hydrogen (secondary N) is 1. The van der Waals surface area contributed by atoms with Crippen LogP contribution in [0.4, 0.5) is 4.39 Å². The number of halogens is 1. The third kappa shape index (κ3) is 2.85. The van der Waals surface area contributed by atoms with Gasteiger partial charge in [-0.1, -0.05) is 0 Å². The molecule has 96 valence electrons. The maximum absolute atomic E-state index is 13.6. The largest absolute Gasteiger partial charge is 0.491 e. The maximum Gasteiger partial charge on any atom is 0.170 e. The fourth-order valence-corrected chi connectivity index (χ4v) is 1.77. The van der Waals surface area contributed by atoms with Gasteiger partial charge in [-0.3, -0.25) is 9.79 Å². The van der Waals surface area contributed by atoms with E-state index < -0.39 is 5.82 Å². The zero-order valence-electron chi connectivity index (χ0n) is 10.2. The highest BCUT2D eigenvalue weighted by molar-refractivity contribution is 6.09. The average molecular weight is 250 g/mol. The number of nitrogens with zero attached hydrogens (tertiary/aromatic N) is 1. The Morgan fingerprint density at radius 1 is 1.56 bits per heavy atom. The average Bonchev–Trinajstić information content (AvgIpc) is 2.84. The van der Waals surface area contributed by atoms with Gasteiger partial charge < -0.3 is 10.1 Å². The molecular formula is C13H15FN2O2. The molecule has 0 unspecified atom stereocenters. The number of aliphatic imine (C=N–C) groups is 1. The molecule has 1 N–H and O–H groups in total. The van der Waals surface area contributed by atoms with E-state index in [1.165, 1.54) is 12.1 Å². The van der Waals surface area contributed by atoms with Gasteiger partial charge in [0.15, 0.2) is 17.3 Å². The Morgan fingerprint density at radius 2 is 2.39 bits per heavy atom. The predicted octanol–water partition coefficient (Wildman–Crippen LogP) is 1.80. The number of ketones is 1. The molecule has 0 spiro atoms. The van der Waals surface area contributed by atoms with Crippen molar-refractivity contribution in [3.8, 4) is 5.75 Å². The van der Waals surface area contributed by atoms with Gasteiger partial charge in [-0.2, -0.15) is 0 Å². The van der Waals surface area contributed by atoms with E-state index in [-0.39, 0.29) is 18.0 Å². The molecule has 0 aliphatic carbocycles. The fourth-order valence-electron chi connectivity index (χ4n) is 1.77. The Kier molecular flexibility index (Phi) is 3.92. The van der Waals surface area contributed by atoms with Crippen molar-refractivity contribution in [1.82, 2.24) is 5.32 Å². The molecule has 0 atom stereocenters. The molecule has 1 aromatic carbocycles. The summed E-state index contributed by atoms with van der Waals surface area (Å²) in [5.74, 6) is 0.189. The Morgan fingerprint density at radius 3 is 3.00 bits per heavy atom. The van der Waals surface area contributed by atoms with Crippen molar-refractivity contribution in [2.75, 3.05) is 19.7 Å². The first-order valence-corrected chi connectivity index (χ1v) is 5.93. The molecule has 0 saturated heterocycles. The molecule has 0 saturated carbocycles. The lowest BCUT2D eigenvalue weighted by Gasteiger charge is -2.06. The van der Waals surface area contributed by atoms with E-state index in [1.807, 2.05) is 0 Å². The van der Waals surface area contributed by atoms with Crippen molar-refractivity contribution in [2.24, 2.45) is 4.99 Å². The van der Waals surface area contributed by atoms with Gasteiger partial charge in [0, 0.05) is 12.1 Å². The first-order valence-electron chi connectivity index (χ1n) is 5.93. The Hall–Kier alpha value is -1.91. The molecule has 2 rings (SSSR count). The monoisotopic (exact) mass is 250 g/mol. The first kappa shape index (κ1) is 12.5. The van der Waals surface area contributed by atoms with Gasteiger partial charge in [0.1, 0.15) is 5.84 Å². The second kappa shape index (κ2) is 5.62. The van der Waals surface area contributed by atoms with Crippen LogP contribution in [0, 0.1) is 5.82 Å². The van der Waals surface area contributed by atoms with E-state index in [2.05, 4.69) is 10.3 Å². The van der Waals surface area contributed by atoms with E-state index in [9.17, 15) is 9.18 Å². The molecule has 0 fully saturated rings. The number of hydrogen-bond acceptors (Lipinski definition) is 4. The van der Waals surface area contributed by atoms with Crippen molar-refractivity contribution in [1.29, 1.82) is 0 Å². The molecule has 1 aliphatic heterocycles. The molecule has 1 aliphatic rings.